The zero-order valence-corrected chi connectivity index (χ0v) is 14.0. The van der Waals surface area contributed by atoms with Gasteiger partial charge in [0.15, 0.2) is 11.8 Å². The third-order valence-corrected chi connectivity index (χ3v) is 4.11. The van der Waals surface area contributed by atoms with Crippen molar-refractivity contribution in [2.24, 2.45) is 0 Å². The minimum absolute atomic E-state index is 0.0776. The topological polar surface area (TPSA) is 60.1 Å². The van der Waals surface area contributed by atoms with Gasteiger partial charge in [0.2, 0.25) is 0 Å². The molecule has 1 atom stereocenters. The Morgan fingerprint density at radius 2 is 2.04 bits per heavy atom. The van der Waals surface area contributed by atoms with Gasteiger partial charge in [-0.1, -0.05) is 32.9 Å². The van der Waals surface area contributed by atoms with Crippen LogP contribution in [0, 0.1) is 18.3 Å². The molecule has 23 heavy (non-hydrogen) atoms. The SMILES string of the molecule is Cc1c(C#N)nc2n1C[C@@H](COc1ccc(C(C)(C)C)cc1)O2. The van der Waals surface area contributed by atoms with Crippen molar-refractivity contribution >= 4 is 0 Å². The lowest BCUT2D eigenvalue weighted by atomic mass is 9.87. The van der Waals surface area contributed by atoms with E-state index in [1.807, 2.05) is 23.6 Å². The van der Waals surface area contributed by atoms with Crippen LogP contribution in [0.4, 0.5) is 0 Å². The van der Waals surface area contributed by atoms with Crippen molar-refractivity contribution in [3.8, 4) is 17.8 Å². The number of rotatable bonds is 3. The first-order valence-electron chi connectivity index (χ1n) is 7.75. The van der Waals surface area contributed by atoms with Crippen molar-refractivity contribution in [2.75, 3.05) is 6.61 Å². The molecule has 0 saturated heterocycles. The Bertz CT molecular complexity index is 748. The maximum atomic E-state index is 8.97. The molecule has 5 nitrogen and oxygen atoms in total. The highest BCUT2D eigenvalue weighted by Crippen LogP contribution is 2.27. The number of fused-ring (bicyclic) bond motifs is 1. The standard InChI is InChI=1S/C18H21N3O2/c1-12-16(9-19)20-17-21(12)10-15(23-17)11-22-14-7-5-13(6-8-14)18(2,3)4/h5-8,15H,10-11H2,1-4H3/t15-/m0/s1. The quantitative estimate of drug-likeness (QED) is 0.873. The molecule has 1 aliphatic heterocycles. The first-order valence-corrected chi connectivity index (χ1v) is 7.75. The molecule has 5 heteroatoms. The van der Waals surface area contributed by atoms with E-state index < -0.39 is 0 Å². The van der Waals surface area contributed by atoms with Gasteiger partial charge in [0.05, 0.1) is 12.2 Å². The van der Waals surface area contributed by atoms with Gasteiger partial charge >= 0.3 is 0 Å². The van der Waals surface area contributed by atoms with Gasteiger partial charge in [-0.2, -0.15) is 10.2 Å². The maximum Gasteiger partial charge on any atom is 0.298 e. The van der Waals surface area contributed by atoms with E-state index in [9.17, 15) is 0 Å². The maximum absolute atomic E-state index is 8.97. The molecule has 0 amide bonds. The van der Waals surface area contributed by atoms with Crippen LogP contribution in [-0.2, 0) is 12.0 Å². The third-order valence-electron chi connectivity index (χ3n) is 4.11. The molecule has 1 aromatic carbocycles. The molecule has 0 aliphatic carbocycles. The van der Waals surface area contributed by atoms with Crippen LogP contribution in [0.2, 0.25) is 0 Å². The van der Waals surface area contributed by atoms with Gasteiger partial charge < -0.3 is 9.47 Å². The Kier molecular flexibility index (Phi) is 3.77. The highest BCUT2D eigenvalue weighted by Gasteiger charge is 2.28. The Balaban J connectivity index is 1.59. The average molecular weight is 311 g/mol. The molecule has 0 unspecified atom stereocenters. The van der Waals surface area contributed by atoms with Crippen LogP contribution < -0.4 is 9.47 Å². The summed E-state index contributed by atoms with van der Waals surface area (Å²) in [6, 6.07) is 10.8. The molecule has 2 aromatic rings. The van der Waals surface area contributed by atoms with Crippen LogP contribution in [-0.4, -0.2) is 22.3 Å². The van der Waals surface area contributed by atoms with Gasteiger partial charge in [-0.15, -0.1) is 0 Å². The van der Waals surface area contributed by atoms with Gasteiger partial charge in [0, 0.05) is 0 Å². The van der Waals surface area contributed by atoms with E-state index in [1.165, 1.54) is 5.56 Å². The number of benzene rings is 1. The van der Waals surface area contributed by atoms with E-state index in [0.717, 1.165) is 11.4 Å². The van der Waals surface area contributed by atoms with Gasteiger partial charge in [-0.25, -0.2) is 0 Å². The molecule has 120 valence electrons. The molecule has 2 heterocycles. The van der Waals surface area contributed by atoms with Crippen LogP contribution in [0.1, 0.15) is 37.7 Å². The third kappa shape index (κ3) is 3.02. The summed E-state index contributed by atoms with van der Waals surface area (Å²) in [5.74, 6) is 0.834. The summed E-state index contributed by atoms with van der Waals surface area (Å²) in [6.45, 7) is 9.57. The zero-order valence-electron chi connectivity index (χ0n) is 14.0. The summed E-state index contributed by atoms with van der Waals surface area (Å²) >= 11 is 0. The van der Waals surface area contributed by atoms with E-state index in [1.54, 1.807) is 0 Å². The normalized spacial score (nSPS) is 16.6. The second kappa shape index (κ2) is 5.62. The largest absolute Gasteiger partial charge is 0.490 e. The monoisotopic (exact) mass is 311 g/mol. The van der Waals surface area contributed by atoms with E-state index in [2.05, 4.69) is 44.0 Å². The fraction of sp³-hybridized carbons (Fsp3) is 0.444. The number of imidazole rings is 1. The molecule has 0 radical (unpaired) electrons. The summed E-state index contributed by atoms with van der Waals surface area (Å²) in [7, 11) is 0. The minimum atomic E-state index is -0.0776. The summed E-state index contributed by atoms with van der Waals surface area (Å²) in [6.07, 6.45) is -0.0776. The highest BCUT2D eigenvalue weighted by molar-refractivity contribution is 5.32. The Labute approximate surface area is 136 Å². The van der Waals surface area contributed by atoms with E-state index >= 15 is 0 Å². The summed E-state index contributed by atoms with van der Waals surface area (Å²) < 4.78 is 13.5. The van der Waals surface area contributed by atoms with Crippen LogP contribution in [0.25, 0.3) is 0 Å². The summed E-state index contributed by atoms with van der Waals surface area (Å²) in [5, 5.41) is 8.97. The molecular weight excluding hydrogens is 290 g/mol. The first-order chi connectivity index (χ1) is 10.9. The van der Waals surface area contributed by atoms with Crippen molar-refractivity contribution in [3.05, 3.63) is 41.2 Å². The van der Waals surface area contributed by atoms with Crippen LogP contribution in [0.15, 0.2) is 24.3 Å². The average Bonchev–Trinajstić information content (AvgIpc) is 3.04. The molecule has 1 aliphatic rings. The smallest absolute Gasteiger partial charge is 0.298 e. The predicted molar refractivity (Wildman–Crippen MR) is 86.7 cm³/mol. The van der Waals surface area contributed by atoms with Crippen molar-refractivity contribution in [2.45, 2.75) is 45.8 Å². The fourth-order valence-electron chi connectivity index (χ4n) is 2.64. The summed E-state index contributed by atoms with van der Waals surface area (Å²) in [4.78, 5) is 4.18. The van der Waals surface area contributed by atoms with Crippen molar-refractivity contribution in [3.63, 3.8) is 0 Å². The van der Waals surface area contributed by atoms with Gasteiger partial charge in [-0.3, -0.25) is 4.57 Å². The minimum Gasteiger partial charge on any atom is -0.490 e. The van der Waals surface area contributed by atoms with Crippen molar-refractivity contribution in [1.82, 2.24) is 9.55 Å². The Morgan fingerprint density at radius 3 is 2.61 bits per heavy atom. The predicted octanol–water partition coefficient (Wildman–Crippen LogP) is 3.20. The van der Waals surface area contributed by atoms with Gasteiger partial charge in [0.25, 0.3) is 6.01 Å². The van der Waals surface area contributed by atoms with Crippen LogP contribution in [0.3, 0.4) is 0 Å². The Hall–Kier alpha value is -2.48. The lowest BCUT2D eigenvalue weighted by molar-refractivity contribution is 0.143. The second-order valence-corrected chi connectivity index (χ2v) is 6.88. The second-order valence-electron chi connectivity index (χ2n) is 6.88. The van der Waals surface area contributed by atoms with E-state index in [-0.39, 0.29) is 11.5 Å². The summed E-state index contributed by atoms with van der Waals surface area (Å²) in [5.41, 5.74) is 2.69. The molecule has 0 fully saturated rings. The molecule has 1 aromatic heterocycles. The lowest BCUT2D eigenvalue weighted by Crippen LogP contribution is -2.24. The molecule has 0 spiro atoms. The molecule has 0 bridgehead atoms. The highest BCUT2D eigenvalue weighted by atomic mass is 16.6. The number of ether oxygens (including phenoxy) is 2. The molecule has 0 saturated carbocycles. The number of nitrogens with zero attached hydrogens (tertiary/aromatic N) is 3. The molecule has 3 rings (SSSR count). The lowest BCUT2D eigenvalue weighted by Gasteiger charge is -2.19. The fourth-order valence-corrected chi connectivity index (χ4v) is 2.64. The zero-order chi connectivity index (χ0) is 16.6. The van der Waals surface area contributed by atoms with Crippen molar-refractivity contribution < 1.29 is 9.47 Å². The molecule has 0 N–H and O–H groups in total. The first kappa shape index (κ1) is 15.4. The molecular formula is C18H21N3O2. The number of hydrogen-bond acceptors (Lipinski definition) is 4. The number of hydrogen-bond donors (Lipinski definition) is 0. The van der Waals surface area contributed by atoms with Gasteiger partial charge in [0.1, 0.15) is 18.4 Å². The van der Waals surface area contributed by atoms with E-state index in [0.29, 0.717) is 24.9 Å². The van der Waals surface area contributed by atoms with Crippen LogP contribution >= 0.6 is 0 Å². The van der Waals surface area contributed by atoms with Gasteiger partial charge in [-0.05, 0) is 30.0 Å². The van der Waals surface area contributed by atoms with Crippen LogP contribution in [0.5, 0.6) is 11.8 Å². The Morgan fingerprint density at radius 1 is 1.35 bits per heavy atom. The van der Waals surface area contributed by atoms with E-state index in [4.69, 9.17) is 14.7 Å². The van der Waals surface area contributed by atoms with Crippen molar-refractivity contribution in [1.29, 1.82) is 5.26 Å². The number of aromatic nitrogens is 2. The number of nitriles is 1.